The standard InChI is InChI=1S/C19H20N4O3S2/c20-11-14-10-13-4-2-1-3-5-17(13)23-19(14)27-12-18(24)22-15-6-8-16(9-7-15)28(21,25)26/h6-10H,1-5,12H2,(H,22,24)(H2,21,25,26). The third kappa shape index (κ3) is 5.10. The predicted molar refractivity (Wildman–Crippen MR) is 107 cm³/mol. The van der Waals surface area contributed by atoms with E-state index < -0.39 is 10.0 Å². The van der Waals surface area contributed by atoms with Crippen molar-refractivity contribution < 1.29 is 13.2 Å². The molecule has 1 heterocycles. The number of benzene rings is 1. The highest BCUT2D eigenvalue weighted by atomic mass is 32.2. The Balaban J connectivity index is 1.66. The fourth-order valence-corrected chi connectivity index (χ4v) is 4.33. The highest BCUT2D eigenvalue weighted by Gasteiger charge is 2.16. The van der Waals surface area contributed by atoms with Gasteiger partial charge < -0.3 is 5.32 Å². The summed E-state index contributed by atoms with van der Waals surface area (Å²) < 4.78 is 22.5. The normalized spacial score (nSPS) is 13.9. The lowest BCUT2D eigenvalue weighted by Gasteiger charge is -2.10. The lowest BCUT2D eigenvalue weighted by molar-refractivity contribution is -0.113. The minimum Gasteiger partial charge on any atom is -0.325 e. The zero-order valence-electron chi connectivity index (χ0n) is 15.1. The van der Waals surface area contributed by atoms with Crippen LogP contribution in [-0.4, -0.2) is 25.1 Å². The molecule has 1 aromatic carbocycles. The molecule has 0 spiro atoms. The molecular weight excluding hydrogens is 396 g/mol. The number of nitrogens with one attached hydrogen (secondary N) is 1. The summed E-state index contributed by atoms with van der Waals surface area (Å²) in [7, 11) is -3.77. The molecule has 0 unspecified atom stereocenters. The number of nitriles is 1. The molecule has 3 rings (SSSR count). The first-order chi connectivity index (χ1) is 13.4. The Labute approximate surface area is 168 Å². The molecule has 3 N–H and O–H groups in total. The molecule has 2 aromatic rings. The van der Waals surface area contributed by atoms with Crippen LogP contribution in [0.4, 0.5) is 5.69 Å². The van der Waals surface area contributed by atoms with Crippen LogP contribution in [-0.2, 0) is 27.7 Å². The van der Waals surface area contributed by atoms with Crippen LogP contribution in [0.2, 0.25) is 0 Å². The number of carbonyl (C=O) groups is 1. The van der Waals surface area contributed by atoms with Gasteiger partial charge in [-0.15, -0.1) is 0 Å². The molecule has 0 aliphatic heterocycles. The van der Waals surface area contributed by atoms with Crippen LogP contribution in [0.3, 0.4) is 0 Å². The lowest BCUT2D eigenvalue weighted by atomic mass is 10.1. The number of amides is 1. The Bertz CT molecular complexity index is 1030. The van der Waals surface area contributed by atoms with Gasteiger partial charge in [0.05, 0.1) is 16.2 Å². The highest BCUT2D eigenvalue weighted by molar-refractivity contribution is 8.00. The van der Waals surface area contributed by atoms with Gasteiger partial charge in [0.15, 0.2) is 0 Å². The van der Waals surface area contributed by atoms with E-state index in [1.54, 1.807) is 0 Å². The number of aromatic nitrogens is 1. The van der Waals surface area contributed by atoms with Crippen molar-refractivity contribution in [1.29, 1.82) is 5.26 Å². The van der Waals surface area contributed by atoms with Crippen molar-refractivity contribution in [1.82, 2.24) is 4.98 Å². The number of primary sulfonamides is 1. The van der Waals surface area contributed by atoms with Gasteiger partial charge in [0, 0.05) is 11.4 Å². The van der Waals surface area contributed by atoms with Gasteiger partial charge in [0.25, 0.3) is 0 Å². The van der Waals surface area contributed by atoms with Gasteiger partial charge in [-0.25, -0.2) is 18.5 Å². The van der Waals surface area contributed by atoms with E-state index in [4.69, 9.17) is 5.14 Å². The van der Waals surface area contributed by atoms with E-state index in [9.17, 15) is 18.5 Å². The van der Waals surface area contributed by atoms with Crippen LogP contribution < -0.4 is 10.5 Å². The maximum atomic E-state index is 12.2. The van der Waals surface area contributed by atoms with E-state index in [0.29, 0.717) is 16.3 Å². The molecule has 7 nitrogen and oxygen atoms in total. The predicted octanol–water partition coefficient (Wildman–Crippen LogP) is 2.60. The van der Waals surface area contributed by atoms with E-state index in [1.165, 1.54) is 36.0 Å². The maximum Gasteiger partial charge on any atom is 0.238 e. The van der Waals surface area contributed by atoms with Crippen molar-refractivity contribution >= 4 is 33.4 Å². The van der Waals surface area contributed by atoms with E-state index in [-0.39, 0.29) is 16.6 Å². The van der Waals surface area contributed by atoms with E-state index in [0.717, 1.165) is 43.4 Å². The minimum atomic E-state index is -3.77. The molecule has 0 radical (unpaired) electrons. The second-order valence-electron chi connectivity index (χ2n) is 6.53. The summed E-state index contributed by atoms with van der Waals surface area (Å²) in [5.41, 5.74) is 3.13. The number of hydrogen-bond donors (Lipinski definition) is 2. The second kappa shape index (κ2) is 8.73. The Hall–Kier alpha value is -2.41. The summed E-state index contributed by atoms with van der Waals surface area (Å²) >= 11 is 1.22. The number of rotatable bonds is 5. The molecule has 28 heavy (non-hydrogen) atoms. The van der Waals surface area contributed by atoms with Gasteiger partial charge in [0.2, 0.25) is 15.9 Å². The molecule has 1 aromatic heterocycles. The number of sulfonamides is 1. The van der Waals surface area contributed by atoms with Crippen LogP contribution in [0.25, 0.3) is 0 Å². The van der Waals surface area contributed by atoms with Crippen molar-refractivity contribution in [2.75, 3.05) is 11.1 Å². The third-order valence-electron chi connectivity index (χ3n) is 4.44. The highest BCUT2D eigenvalue weighted by Crippen LogP contribution is 2.27. The first kappa shape index (κ1) is 20.3. The number of carbonyl (C=O) groups excluding carboxylic acids is 1. The monoisotopic (exact) mass is 416 g/mol. The maximum absolute atomic E-state index is 12.2. The fourth-order valence-electron chi connectivity index (χ4n) is 3.04. The van der Waals surface area contributed by atoms with Crippen molar-refractivity contribution in [2.24, 2.45) is 5.14 Å². The Morgan fingerprint density at radius 2 is 1.93 bits per heavy atom. The summed E-state index contributed by atoms with van der Waals surface area (Å²) in [5.74, 6) is -0.175. The van der Waals surface area contributed by atoms with Gasteiger partial charge in [-0.05, 0) is 61.6 Å². The van der Waals surface area contributed by atoms with Crippen LogP contribution in [0.15, 0.2) is 40.3 Å². The minimum absolute atomic E-state index is 0.0206. The summed E-state index contributed by atoms with van der Waals surface area (Å²) in [6.07, 6.45) is 5.20. The summed E-state index contributed by atoms with van der Waals surface area (Å²) in [5, 5.41) is 17.7. The summed E-state index contributed by atoms with van der Waals surface area (Å²) in [6.45, 7) is 0. The average molecular weight is 417 g/mol. The molecule has 1 aliphatic rings. The average Bonchev–Trinajstić information content (AvgIpc) is 2.90. The number of pyridine rings is 1. The van der Waals surface area contributed by atoms with Gasteiger partial charge in [0.1, 0.15) is 11.1 Å². The topological polar surface area (TPSA) is 126 Å². The Morgan fingerprint density at radius 3 is 2.61 bits per heavy atom. The smallest absolute Gasteiger partial charge is 0.238 e. The second-order valence-corrected chi connectivity index (χ2v) is 9.05. The Kier molecular flexibility index (Phi) is 6.34. The van der Waals surface area contributed by atoms with Gasteiger partial charge in [-0.1, -0.05) is 18.2 Å². The molecule has 0 bridgehead atoms. The van der Waals surface area contributed by atoms with Crippen LogP contribution in [0.1, 0.15) is 36.1 Å². The van der Waals surface area contributed by atoms with Crippen molar-refractivity contribution in [3.8, 4) is 6.07 Å². The summed E-state index contributed by atoms with van der Waals surface area (Å²) in [4.78, 5) is 16.8. The molecular formula is C19H20N4O3S2. The fraction of sp³-hybridized carbons (Fsp3) is 0.316. The molecule has 0 saturated heterocycles. The van der Waals surface area contributed by atoms with E-state index >= 15 is 0 Å². The zero-order chi connectivity index (χ0) is 20.1. The number of hydrogen-bond acceptors (Lipinski definition) is 6. The van der Waals surface area contributed by atoms with Crippen molar-refractivity contribution in [3.05, 3.63) is 47.2 Å². The largest absolute Gasteiger partial charge is 0.325 e. The van der Waals surface area contributed by atoms with Gasteiger partial charge >= 0.3 is 0 Å². The van der Waals surface area contributed by atoms with Gasteiger partial charge in [-0.3, -0.25) is 4.79 Å². The number of anilines is 1. The van der Waals surface area contributed by atoms with Gasteiger partial charge in [-0.2, -0.15) is 5.26 Å². The molecule has 1 amide bonds. The zero-order valence-corrected chi connectivity index (χ0v) is 16.8. The summed E-state index contributed by atoms with van der Waals surface area (Å²) in [6, 6.07) is 9.70. The number of thioether (sulfide) groups is 1. The number of nitrogens with zero attached hydrogens (tertiary/aromatic N) is 2. The SMILES string of the molecule is N#Cc1cc2c(nc1SCC(=O)Nc1ccc(S(N)(=O)=O)cc1)CCCCC2. The lowest BCUT2D eigenvalue weighted by Crippen LogP contribution is -2.15. The quantitative estimate of drug-likeness (QED) is 0.570. The molecule has 0 saturated carbocycles. The van der Waals surface area contributed by atoms with E-state index in [2.05, 4.69) is 16.4 Å². The molecule has 9 heteroatoms. The number of nitrogens with two attached hydrogens (primary N) is 1. The molecule has 0 fully saturated rings. The third-order valence-corrected chi connectivity index (χ3v) is 6.36. The molecule has 1 aliphatic carbocycles. The van der Waals surface area contributed by atoms with Crippen molar-refractivity contribution in [2.45, 2.75) is 42.0 Å². The first-order valence-corrected chi connectivity index (χ1v) is 11.4. The first-order valence-electron chi connectivity index (χ1n) is 8.85. The molecule has 146 valence electrons. The van der Waals surface area contributed by atoms with Crippen LogP contribution in [0, 0.1) is 11.3 Å². The van der Waals surface area contributed by atoms with E-state index in [1.807, 2.05) is 6.07 Å². The van der Waals surface area contributed by atoms with Crippen LogP contribution in [0.5, 0.6) is 0 Å². The van der Waals surface area contributed by atoms with Crippen molar-refractivity contribution in [3.63, 3.8) is 0 Å². The Morgan fingerprint density at radius 1 is 1.21 bits per heavy atom. The number of fused-ring (bicyclic) bond motifs is 1. The molecule has 0 atom stereocenters. The number of aryl methyl sites for hydroxylation is 2. The van der Waals surface area contributed by atoms with Crippen LogP contribution >= 0.6 is 11.8 Å².